The maximum Gasteiger partial charge on any atom is 0.281 e. The lowest BCUT2D eigenvalue weighted by atomic mass is 9.94. The van der Waals surface area contributed by atoms with E-state index in [1.807, 2.05) is 6.92 Å². The van der Waals surface area contributed by atoms with Crippen LogP contribution in [-0.4, -0.2) is 54.9 Å². The molecule has 102 valence electrons. The highest BCUT2D eigenvalue weighted by Gasteiger charge is 2.35. The van der Waals surface area contributed by atoms with E-state index in [1.54, 1.807) is 11.4 Å². The molecule has 1 rings (SSSR count). The van der Waals surface area contributed by atoms with Crippen LogP contribution < -0.4 is 0 Å². The third-order valence-corrected chi connectivity index (χ3v) is 5.72. The Morgan fingerprint density at radius 3 is 2.65 bits per heavy atom. The lowest BCUT2D eigenvalue weighted by molar-refractivity contribution is 0.189. The minimum absolute atomic E-state index is 0.0197. The van der Waals surface area contributed by atoms with Crippen molar-refractivity contribution in [2.24, 2.45) is 5.92 Å². The van der Waals surface area contributed by atoms with Crippen molar-refractivity contribution in [2.45, 2.75) is 39.2 Å². The second kappa shape index (κ2) is 6.13. The molecule has 0 aromatic heterocycles. The van der Waals surface area contributed by atoms with Crippen LogP contribution in [0.3, 0.4) is 0 Å². The van der Waals surface area contributed by atoms with Crippen LogP contribution in [0.15, 0.2) is 0 Å². The predicted molar refractivity (Wildman–Crippen MR) is 67.8 cm³/mol. The van der Waals surface area contributed by atoms with Crippen LogP contribution in [0.5, 0.6) is 0 Å². The number of hydrogen-bond donors (Lipinski definition) is 1. The van der Waals surface area contributed by atoms with Gasteiger partial charge in [0.25, 0.3) is 10.2 Å². The highest BCUT2D eigenvalue weighted by atomic mass is 32.2. The van der Waals surface area contributed by atoms with E-state index in [-0.39, 0.29) is 12.6 Å². The molecule has 1 aliphatic rings. The van der Waals surface area contributed by atoms with Gasteiger partial charge in [0.15, 0.2) is 0 Å². The van der Waals surface area contributed by atoms with E-state index in [0.717, 1.165) is 12.8 Å². The Kier molecular flexibility index (Phi) is 5.37. The molecule has 1 saturated heterocycles. The average Bonchev–Trinajstić information content (AvgIpc) is 2.29. The van der Waals surface area contributed by atoms with E-state index in [1.165, 1.54) is 4.31 Å². The van der Waals surface area contributed by atoms with Crippen molar-refractivity contribution in [2.75, 3.05) is 26.7 Å². The van der Waals surface area contributed by atoms with Gasteiger partial charge in [-0.15, -0.1) is 0 Å². The number of piperidine rings is 1. The number of aliphatic hydroxyl groups is 1. The molecule has 6 heteroatoms. The lowest BCUT2D eigenvalue weighted by Crippen LogP contribution is -2.51. The Hall–Kier alpha value is -0.170. The average molecular weight is 264 g/mol. The van der Waals surface area contributed by atoms with Crippen molar-refractivity contribution in [1.82, 2.24) is 8.61 Å². The first-order chi connectivity index (χ1) is 7.91. The zero-order valence-electron chi connectivity index (χ0n) is 11.0. The van der Waals surface area contributed by atoms with Crippen molar-refractivity contribution in [3.63, 3.8) is 0 Å². The fourth-order valence-corrected chi connectivity index (χ4v) is 3.92. The van der Waals surface area contributed by atoms with Crippen LogP contribution in [0.2, 0.25) is 0 Å². The first kappa shape index (κ1) is 14.9. The molecule has 17 heavy (non-hydrogen) atoms. The van der Waals surface area contributed by atoms with Crippen LogP contribution in [0.25, 0.3) is 0 Å². The van der Waals surface area contributed by atoms with Crippen molar-refractivity contribution in [3.05, 3.63) is 0 Å². The molecular weight excluding hydrogens is 240 g/mol. The fraction of sp³-hybridized carbons (Fsp3) is 1.00. The summed E-state index contributed by atoms with van der Waals surface area (Å²) >= 11 is 0. The van der Waals surface area contributed by atoms with Gasteiger partial charge in [-0.3, -0.25) is 0 Å². The van der Waals surface area contributed by atoms with Gasteiger partial charge in [-0.05, 0) is 32.1 Å². The largest absolute Gasteiger partial charge is 0.396 e. The second-order valence-corrected chi connectivity index (χ2v) is 6.87. The highest BCUT2D eigenvalue weighted by Crippen LogP contribution is 2.26. The van der Waals surface area contributed by atoms with Crippen LogP contribution in [0.4, 0.5) is 0 Å². The van der Waals surface area contributed by atoms with Crippen LogP contribution in [-0.2, 0) is 10.2 Å². The van der Waals surface area contributed by atoms with Gasteiger partial charge < -0.3 is 5.11 Å². The number of hydrogen-bond acceptors (Lipinski definition) is 3. The SMILES string of the molecule is CC1CCCN(S(=O)(=O)N(C)CCCO)C1C. The van der Waals surface area contributed by atoms with Gasteiger partial charge in [-0.25, -0.2) is 0 Å². The number of rotatable bonds is 5. The summed E-state index contributed by atoms with van der Waals surface area (Å²) in [5.41, 5.74) is 0. The van der Waals surface area contributed by atoms with Gasteiger partial charge in [0.1, 0.15) is 0 Å². The Morgan fingerprint density at radius 2 is 2.06 bits per heavy atom. The standard InChI is InChI=1S/C11H24N2O3S/c1-10-6-4-8-13(11(10)2)17(15,16)12(3)7-5-9-14/h10-11,14H,4-9H2,1-3H3. The first-order valence-electron chi connectivity index (χ1n) is 6.25. The molecule has 1 N–H and O–H groups in total. The molecule has 0 radical (unpaired) electrons. The van der Waals surface area contributed by atoms with Crippen LogP contribution in [0, 0.1) is 5.92 Å². The fourth-order valence-electron chi connectivity index (χ4n) is 2.21. The third kappa shape index (κ3) is 3.40. The van der Waals surface area contributed by atoms with E-state index >= 15 is 0 Å². The van der Waals surface area contributed by atoms with E-state index in [2.05, 4.69) is 6.92 Å². The summed E-state index contributed by atoms with van der Waals surface area (Å²) in [6.07, 6.45) is 2.50. The minimum atomic E-state index is -3.36. The summed E-state index contributed by atoms with van der Waals surface area (Å²) in [5, 5.41) is 8.75. The first-order valence-corrected chi connectivity index (χ1v) is 7.65. The van der Waals surface area contributed by atoms with Gasteiger partial charge >= 0.3 is 0 Å². The molecule has 2 atom stereocenters. The van der Waals surface area contributed by atoms with E-state index < -0.39 is 10.2 Å². The van der Waals surface area contributed by atoms with E-state index in [4.69, 9.17) is 5.11 Å². The summed E-state index contributed by atoms with van der Waals surface area (Å²) in [5.74, 6) is 0.407. The molecule has 0 aromatic carbocycles. The maximum absolute atomic E-state index is 12.3. The van der Waals surface area contributed by atoms with Crippen molar-refractivity contribution < 1.29 is 13.5 Å². The topological polar surface area (TPSA) is 60.9 Å². The van der Waals surface area contributed by atoms with E-state index in [9.17, 15) is 8.42 Å². The lowest BCUT2D eigenvalue weighted by Gasteiger charge is -2.38. The van der Waals surface area contributed by atoms with Gasteiger partial charge in [-0.1, -0.05) is 6.92 Å². The quantitative estimate of drug-likeness (QED) is 0.794. The summed E-state index contributed by atoms with van der Waals surface area (Å²) in [4.78, 5) is 0. The number of nitrogens with zero attached hydrogens (tertiary/aromatic N) is 2. The Bertz CT molecular complexity index is 332. The van der Waals surface area contributed by atoms with Crippen molar-refractivity contribution in [3.8, 4) is 0 Å². The summed E-state index contributed by atoms with van der Waals surface area (Å²) in [6.45, 7) is 5.07. The van der Waals surface area contributed by atoms with Gasteiger partial charge in [0.2, 0.25) is 0 Å². The highest BCUT2D eigenvalue weighted by molar-refractivity contribution is 7.86. The molecule has 0 saturated carbocycles. The Labute approximate surface area is 105 Å². The Morgan fingerprint density at radius 1 is 1.41 bits per heavy atom. The third-order valence-electron chi connectivity index (χ3n) is 3.64. The van der Waals surface area contributed by atoms with Crippen LogP contribution in [0.1, 0.15) is 33.1 Å². The smallest absolute Gasteiger partial charge is 0.281 e. The molecule has 0 aromatic rings. The Balaban J connectivity index is 2.74. The molecule has 1 heterocycles. The van der Waals surface area contributed by atoms with Gasteiger partial charge in [0.05, 0.1) is 0 Å². The maximum atomic E-state index is 12.3. The normalized spacial score (nSPS) is 27.6. The molecule has 0 aliphatic carbocycles. The minimum Gasteiger partial charge on any atom is -0.396 e. The molecule has 1 fully saturated rings. The summed E-state index contributed by atoms with van der Waals surface area (Å²) in [6, 6.07) is 0.0605. The molecular formula is C11H24N2O3S. The zero-order valence-corrected chi connectivity index (χ0v) is 11.8. The summed E-state index contributed by atoms with van der Waals surface area (Å²) < 4.78 is 27.6. The molecule has 1 aliphatic heterocycles. The molecule has 5 nitrogen and oxygen atoms in total. The second-order valence-electron chi connectivity index (χ2n) is 4.88. The molecule has 0 amide bonds. The van der Waals surface area contributed by atoms with Gasteiger partial charge in [0, 0.05) is 32.8 Å². The monoisotopic (exact) mass is 264 g/mol. The molecule has 2 unspecified atom stereocenters. The van der Waals surface area contributed by atoms with Crippen LogP contribution >= 0.6 is 0 Å². The van der Waals surface area contributed by atoms with E-state index in [0.29, 0.717) is 25.4 Å². The van der Waals surface area contributed by atoms with Gasteiger partial charge in [-0.2, -0.15) is 17.0 Å². The summed E-state index contributed by atoms with van der Waals surface area (Å²) in [7, 11) is -1.78. The molecule has 0 bridgehead atoms. The zero-order chi connectivity index (χ0) is 13.1. The van der Waals surface area contributed by atoms with Crippen molar-refractivity contribution >= 4 is 10.2 Å². The predicted octanol–water partition coefficient (Wildman–Crippen LogP) is 0.666. The number of aliphatic hydroxyl groups excluding tert-OH is 1. The molecule has 0 spiro atoms. The van der Waals surface area contributed by atoms with Crippen molar-refractivity contribution in [1.29, 1.82) is 0 Å².